The van der Waals surface area contributed by atoms with E-state index in [1.807, 2.05) is 0 Å². The number of hydrogen-bond acceptors (Lipinski definition) is 9. The molecule has 0 bridgehead atoms. The maximum absolute atomic E-state index is 13.0. The van der Waals surface area contributed by atoms with Gasteiger partial charge in [0.15, 0.2) is 0 Å². The minimum atomic E-state index is -1.71. The molecule has 13 N–H and O–H groups in total. The van der Waals surface area contributed by atoms with Crippen molar-refractivity contribution in [3.63, 3.8) is 0 Å². The zero-order valence-electron chi connectivity index (χ0n) is 20.2. The third-order valence-corrected chi connectivity index (χ3v) is 5.11. The number of rotatable bonds is 16. The number of aromatic hydroxyl groups is 1. The average molecular weight is 538 g/mol. The van der Waals surface area contributed by atoms with Crippen LogP contribution in [0.25, 0.3) is 0 Å². The first kappa shape index (κ1) is 31.3. The molecule has 0 aliphatic rings. The maximum atomic E-state index is 13.0. The summed E-state index contributed by atoms with van der Waals surface area (Å²) in [5.41, 5.74) is 21.3. The maximum Gasteiger partial charge on any atom is 0.326 e. The van der Waals surface area contributed by atoms with Gasteiger partial charge in [-0.15, -0.1) is 0 Å². The van der Waals surface area contributed by atoms with Gasteiger partial charge in [0.25, 0.3) is 0 Å². The van der Waals surface area contributed by atoms with Gasteiger partial charge in [-0.3, -0.25) is 28.8 Å². The lowest BCUT2D eigenvalue weighted by molar-refractivity contribution is -0.143. The second kappa shape index (κ2) is 14.7. The molecule has 0 heterocycles. The van der Waals surface area contributed by atoms with Gasteiger partial charge in [0, 0.05) is 12.8 Å². The smallest absolute Gasteiger partial charge is 0.326 e. The lowest BCUT2D eigenvalue weighted by Gasteiger charge is -2.25. The van der Waals surface area contributed by atoms with Gasteiger partial charge in [0.05, 0.1) is 18.9 Å². The van der Waals surface area contributed by atoms with E-state index in [1.54, 1.807) is 0 Å². The molecule has 4 unspecified atom stereocenters. The molecule has 0 fully saturated rings. The molecule has 0 aliphatic carbocycles. The highest BCUT2D eigenvalue weighted by molar-refractivity contribution is 5.96. The standard InChI is InChI=1S/C22H31N7O9/c23-12(5-6-16(24)31)19(34)27-14(8-17(25)32)21(36)28-13(7-10-1-3-11(30)4-2-10)20(35)29-15(22(37)38)9-18(26)33/h1-4,12-15,30H,5-9,23H2,(H2,24,31)(H2,25,32)(H2,26,33)(H,27,34)(H,28,36)(H,29,35)(H,37,38). The Balaban J connectivity index is 3.16. The van der Waals surface area contributed by atoms with Gasteiger partial charge in [0.2, 0.25) is 35.4 Å². The highest BCUT2D eigenvalue weighted by Gasteiger charge is 2.31. The van der Waals surface area contributed by atoms with Gasteiger partial charge >= 0.3 is 5.97 Å². The fourth-order valence-corrected chi connectivity index (χ4v) is 3.14. The van der Waals surface area contributed by atoms with E-state index in [2.05, 4.69) is 16.0 Å². The van der Waals surface area contributed by atoms with Crippen LogP contribution in [0.3, 0.4) is 0 Å². The monoisotopic (exact) mass is 537 g/mol. The van der Waals surface area contributed by atoms with Crippen LogP contribution in [0.2, 0.25) is 0 Å². The summed E-state index contributed by atoms with van der Waals surface area (Å²) in [7, 11) is 0. The van der Waals surface area contributed by atoms with Crippen molar-refractivity contribution in [2.24, 2.45) is 22.9 Å². The van der Waals surface area contributed by atoms with Crippen LogP contribution in [0.5, 0.6) is 5.75 Å². The predicted octanol–water partition coefficient (Wildman–Crippen LogP) is -4.18. The molecular weight excluding hydrogens is 506 g/mol. The number of carbonyl (C=O) groups is 7. The quantitative estimate of drug-likeness (QED) is 0.0979. The van der Waals surface area contributed by atoms with Crippen LogP contribution in [-0.4, -0.2) is 75.8 Å². The highest BCUT2D eigenvalue weighted by atomic mass is 16.4. The molecule has 0 aromatic heterocycles. The van der Waals surface area contributed by atoms with Crippen LogP contribution in [0.15, 0.2) is 24.3 Å². The number of nitrogens with one attached hydrogen (secondary N) is 3. The number of aliphatic carboxylic acids is 1. The Morgan fingerprint density at radius 1 is 0.711 bits per heavy atom. The fraction of sp³-hybridized carbons (Fsp3) is 0.409. The molecule has 208 valence electrons. The number of carbonyl (C=O) groups excluding carboxylic acids is 6. The average Bonchev–Trinajstić information content (AvgIpc) is 2.81. The number of nitrogens with two attached hydrogens (primary N) is 4. The summed E-state index contributed by atoms with van der Waals surface area (Å²) in [6, 6.07) is -0.546. The van der Waals surface area contributed by atoms with E-state index in [0.29, 0.717) is 5.56 Å². The second-order valence-corrected chi connectivity index (χ2v) is 8.34. The van der Waals surface area contributed by atoms with Crippen LogP contribution in [-0.2, 0) is 40.0 Å². The highest BCUT2D eigenvalue weighted by Crippen LogP contribution is 2.12. The molecule has 0 saturated heterocycles. The Kier molecular flexibility index (Phi) is 12.1. The minimum absolute atomic E-state index is 0.0805. The number of primary amides is 3. The van der Waals surface area contributed by atoms with E-state index in [4.69, 9.17) is 22.9 Å². The zero-order valence-corrected chi connectivity index (χ0v) is 20.2. The summed E-state index contributed by atoms with van der Waals surface area (Å²) in [4.78, 5) is 83.4. The normalized spacial score (nSPS) is 13.7. The third-order valence-electron chi connectivity index (χ3n) is 5.11. The summed E-state index contributed by atoms with van der Waals surface area (Å²) in [6.45, 7) is 0. The molecule has 0 radical (unpaired) electrons. The molecule has 1 aromatic rings. The van der Waals surface area contributed by atoms with Gasteiger partial charge in [-0.05, 0) is 24.1 Å². The summed E-state index contributed by atoms with van der Waals surface area (Å²) in [5.74, 6) is -7.31. The third kappa shape index (κ3) is 11.3. The van der Waals surface area contributed by atoms with Crippen molar-refractivity contribution in [1.82, 2.24) is 16.0 Å². The van der Waals surface area contributed by atoms with Crippen molar-refractivity contribution in [3.8, 4) is 5.75 Å². The number of carboxylic acids is 1. The number of phenols is 1. The number of carboxylic acid groups (broad SMARTS) is 1. The Morgan fingerprint density at radius 3 is 1.68 bits per heavy atom. The second-order valence-electron chi connectivity index (χ2n) is 8.34. The summed E-state index contributed by atoms with van der Waals surface area (Å²) in [5, 5.41) is 25.4. The topological polar surface area (TPSA) is 300 Å². The molecule has 16 heteroatoms. The lowest BCUT2D eigenvalue weighted by Crippen LogP contribution is -2.58. The molecular formula is C22H31N7O9. The van der Waals surface area contributed by atoms with Crippen LogP contribution in [0, 0.1) is 0 Å². The van der Waals surface area contributed by atoms with Gasteiger partial charge in [-0.25, -0.2) is 4.79 Å². The van der Waals surface area contributed by atoms with E-state index < -0.39 is 78.4 Å². The van der Waals surface area contributed by atoms with Crippen molar-refractivity contribution < 1.29 is 43.8 Å². The van der Waals surface area contributed by atoms with E-state index in [-0.39, 0.29) is 25.0 Å². The molecule has 1 aromatic carbocycles. The predicted molar refractivity (Wildman–Crippen MR) is 129 cm³/mol. The van der Waals surface area contributed by atoms with Crippen molar-refractivity contribution in [1.29, 1.82) is 0 Å². The first-order valence-corrected chi connectivity index (χ1v) is 11.2. The van der Waals surface area contributed by atoms with Crippen molar-refractivity contribution in [3.05, 3.63) is 29.8 Å². The summed E-state index contributed by atoms with van der Waals surface area (Å²) in [6.07, 6.45) is -2.01. The minimum Gasteiger partial charge on any atom is -0.508 e. The molecule has 4 atom stereocenters. The molecule has 38 heavy (non-hydrogen) atoms. The molecule has 6 amide bonds. The zero-order chi connectivity index (χ0) is 29.0. The number of hydrogen-bond donors (Lipinski definition) is 9. The molecule has 0 saturated carbocycles. The Bertz CT molecular complexity index is 1060. The van der Waals surface area contributed by atoms with Crippen LogP contribution in [0.4, 0.5) is 0 Å². The molecule has 0 aliphatic heterocycles. The van der Waals surface area contributed by atoms with E-state index in [9.17, 15) is 43.8 Å². The first-order chi connectivity index (χ1) is 17.7. The molecule has 0 spiro atoms. The molecule has 1 rings (SSSR count). The SMILES string of the molecule is NC(=O)CCC(N)C(=O)NC(CC(N)=O)C(=O)NC(Cc1ccc(O)cc1)C(=O)NC(CC(N)=O)C(=O)O. The van der Waals surface area contributed by atoms with Crippen molar-refractivity contribution in [2.75, 3.05) is 0 Å². The van der Waals surface area contributed by atoms with Crippen LogP contribution in [0.1, 0.15) is 31.2 Å². The summed E-state index contributed by atoms with van der Waals surface area (Å²) < 4.78 is 0. The van der Waals surface area contributed by atoms with Gasteiger partial charge in [0.1, 0.15) is 23.9 Å². The van der Waals surface area contributed by atoms with E-state index in [0.717, 1.165) is 0 Å². The first-order valence-electron chi connectivity index (χ1n) is 11.2. The van der Waals surface area contributed by atoms with Crippen LogP contribution >= 0.6 is 0 Å². The Hall–Kier alpha value is -4.73. The van der Waals surface area contributed by atoms with Crippen LogP contribution < -0.4 is 38.9 Å². The Morgan fingerprint density at radius 2 is 1.18 bits per heavy atom. The van der Waals surface area contributed by atoms with Crippen molar-refractivity contribution in [2.45, 2.75) is 56.3 Å². The van der Waals surface area contributed by atoms with E-state index in [1.165, 1.54) is 24.3 Å². The number of benzene rings is 1. The fourth-order valence-electron chi connectivity index (χ4n) is 3.14. The Labute approximate surface area is 216 Å². The van der Waals surface area contributed by atoms with Gasteiger partial charge in [-0.2, -0.15) is 0 Å². The molecule has 16 nitrogen and oxygen atoms in total. The van der Waals surface area contributed by atoms with Gasteiger partial charge in [-0.1, -0.05) is 12.1 Å². The largest absolute Gasteiger partial charge is 0.508 e. The lowest BCUT2D eigenvalue weighted by atomic mass is 10.0. The summed E-state index contributed by atoms with van der Waals surface area (Å²) >= 11 is 0. The van der Waals surface area contributed by atoms with Gasteiger partial charge < -0.3 is 49.1 Å². The van der Waals surface area contributed by atoms with Crippen molar-refractivity contribution >= 4 is 41.4 Å². The number of amides is 6. The van der Waals surface area contributed by atoms with E-state index >= 15 is 0 Å². The number of phenolic OH excluding ortho intramolecular Hbond substituents is 1.